The van der Waals surface area contributed by atoms with Crippen LogP contribution in [-0.4, -0.2) is 57.3 Å². The number of nitrogens with zero attached hydrogens (tertiary/aromatic N) is 3. The van der Waals surface area contributed by atoms with E-state index in [9.17, 15) is 8.42 Å². The second-order valence-corrected chi connectivity index (χ2v) is 9.94. The molecular formula is C20H30N4O2S2. The fraction of sp³-hybridized carbons (Fsp3) is 0.450. The predicted octanol–water partition coefficient (Wildman–Crippen LogP) is 3.03. The molecule has 0 aliphatic heterocycles. The summed E-state index contributed by atoms with van der Waals surface area (Å²) in [5.41, 5.74) is 0.999. The lowest BCUT2D eigenvalue weighted by molar-refractivity contribution is 0.410. The van der Waals surface area contributed by atoms with Crippen LogP contribution in [0.2, 0.25) is 0 Å². The van der Waals surface area contributed by atoms with E-state index >= 15 is 0 Å². The van der Waals surface area contributed by atoms with Crippen LogP contribution in [0.4, 0.5) is 0 Å². The molecule has 1 aromatic carbocycles. The van der Waals surface area contributed by atoms with E-state index in [1.807, 2.05) is 33.0 Å². The van der Waals surface area contributed by atoms with Crippen LogP contribution in [0.1, 0.15) is 24.3 Å². The fourth-order valence-electron chi connectivity index (χ4n) is 2.63. The summed E-state index contributed by atoms with van der Waals surface area (Å²) in [6, 6.07) is 11.1. The zero-order valence-electron chi connectivity index (χ0n) is 17.2. The zero-order chi connectivity index (χ0) is 20.7. The van der Waals surface area contributed by atoms with Gasteiger partial charge in [-0.25, -0.2) is 8.42 Å². The predicted molar refractivity (Wildman–Crippen MR) is 117 cm³/mol. The summed E-state index contributed by atoms with van der Waals surface area (Å²) < 4.78 is 26.5. The number of hydrogen-bond donors (Lipinski definition) is 1. The van der Waals surface area contributed by atoms with Crippen LogP contribution >= 0.6 is 11.3 Å². The maximum Gasteiger partial charge on any atom is 0.243 e. The van der Waals surface area contributed by atoms with E-state index in [-0.39, 0.29) is 6.04 Å². The topological polar surface area (TPSA) is 65.0 Å². The Morgan fingerprint density at radius 2 is 1.86 bits per heavy atom. The molecule has 0 fully saturated rings. The van der Waals surface area contributed by atoms with E-state index in [2.05, 4.69) is 32.7 Å². The van der Waals surface area contributed by atoms with Crippen molar-refractivity contribution in [3.8, 4) is 0 Å². The summed E-state index contributed by atoms with van der Waals surface area (Å²) in [5.74, 6) is 0.813. The van der Waals surface area contributed by atoms with Gasteiger partial charge in [-0.2, -0.15) is 4.31 Å². The van der Waals surface area contributed by atoms with Gasteiger partial charge in [0, 0.05) is 45.2 Å². The maximum absolute atomic E-state index is 12.5. The minimum absolute atomic E-state index is 0.0839. The van der Waals surface area contributed by atoms with Gasteiger partial charge < -0.3 is 10.2 Å². The van der Waals surface area contributed by atoms with Crippen LogP contribution in [0.25, 0.3) is 0 Å². The van der Waals surface area contributed by atoms with Crippen molar-refractivity contribution in [3.05, 3.63) is 52.2 Å². The van der Waals surface area contributed by atoms with E-state index in [0.717, 1.165) is 24.5 Å². The SMILES string of the molecule is CN=C(NCc1ccc(S(=O)(=O)N(C)C(C)C)cc1)N(C)CCc1cccs1. The summed E-state index contributed by atoms with van der Waals surface area (Å²) in [4.78, 5) is 8.09. The number of likely N-dealkylation sites (N-methyl/N-ethyl adjacent to an activating group) is 1. The average molecular weight is 423 g/mol. The van der Waals surface area contributed by atoms with Crippen LogP contribution in [-0.2, 0) is 23.0 Å². The van der Waals surface area contributed by atoms with Gasteiger partial charge in [-0.15, -0.1) is 11.3 Å². The normalized spacial score (nSPS) is 12.6. The summed E-state index contributed by atoms with van der Waals surface area (Å²) >= 11 is 1.76. The molecule has 0 amide bonds. The lowest BCUT2D eigenvalue weighted by atomic mass is 10.2. The highest BCUT2D eigenvalue weighted by atomic mass is 32.2. The van der Waals surface area contributed by atoms with Crippen molar-refractivity contribution in [3.63, 3.8) is 0 Å². The molecule has 28 heavy (non-hydrogen) atoms. The highest BCUT2D eigenvalue weighted by molar-refractivity contribution is 7.89. The van der Waals surface area contributed by atoms with Crippen molar-refractivity contribution >= 4 is 27.3 Å². The summed E-state index contributed by atoms with van der Waals surface area (Å²) in [5, 5.41) is 5.42. The Labute approximate surface area is 173 Å². The van der Waals surface area contributed by atoms with Gasteiger partial charge in [0.1, 0.15) is 0 Å². The lowest BCUT2D eigenvalue weighted by Crippen LogP contribution is -2.39. The molecule has 0 radical (unpaired) electrons. The Bertz CT molecular complexity index is 860. The van der Waals surface area contributed by atoms with Gasteiger partial charge in [-0.3, -0.25) is 4.99 Å². The molecule has 0 unspecified atom stereocenters. The van der Waals surface area contributed by atoms with Crippen molar-refractivity contribution in [2.45, 2.75) is 37.8 Å². The minimum atomic E-state index is -3.45. The Morgan fingerprint density at radius 3 is 2.39 bits per heavy atom. The highest BCUT2D eigenvalue weighted by Crippen LogP contribution is 2.17. The van der Waals surface area contributed by atoms with Crippen LogP contribution in [0.5, 0.6) is 0 Å². The molecule has 0 bridgehead atoms. The van der Waals surface area contributed by atoms with Gasteiger partial charge in [-0.05, 0) is 49.4 Å². The number of aliphatic imine (C=N–C) groups is 1. The van der Waals surface area contributed by atoms with E-state index in [1.165, 1.54) is 9.18 Å². The molecule has 0 saturated carbocycles. The van der Waals surface area contributed by atoms with Gasteiger partial charge in [-0.1, -0.05) is 18.2 Å². The van der Waals surface area contributed by atoms with Crippen molar-refractivity contribution < 1.29 is 8.42 Å². The minimum Gasteiger partial charge on any atom is -0.352 e. The summed E-state index contributed by atoms with van der Waals surface area (Å²) in [6.45, 7) is 5.17. The molecule has 6 nitrogen and oxygen atoms in total. The van der Waals surface area contributed by atoms with Crippen molar-refractivity contribution in [2.24, 2.45) is 4.99 Å². The quantitative estimate of drug-likeness (QED) is 0.525. The first-order valence-corrected chi connectivity index (χ1v) is 11.6. The van der Waals surface area contributed by atoms with Crippen molar-refractivity contribution in [1.82, 2.24) is 14.5 Å². The van der Waals surface area contributed by atoms with E-state index < -0.39 is 10.0 Å². The van der Waals surface area contributed by atoms with Crippen LogP contribution in [0.3, 0.4) is 0 Å². The molecule has 0 saturated heterocycles. The standard InChI is InChI=1S/C20H30N4O2S2/c1-16(2)24(5)28(25,26)19-10-8-17(9-11-19)15-22-20(21-3)23(4)13-12-18-7-6-14-27-18/h6-11,14,16H,12-13,15H2,1-5H3,(H,21,22). The van der Waals surface area contributed by atoms with E-state index in [4.69, 9.17) is 0 Å². The lowest BCUT2D eigenvalue weighted by Gasteiger charge is -2.22. The first kappa shape index (κ1) is 22.4. The second kappa shape index (κ2) is 10.0. The first-order chi connectivity index (χ1) is 13.3. The van der Waals surface area contributed by atoms with Crippen LogP contribution < -0.4 is 5.32 Å². The van der Waals surface area contributed by atoms with Crippen molar-refractivity contribution in [2.75, 3.05) is 27.7 Å². The van der Waals surface area contributed by atoms with Gasteiger partial charge in [0.05, 0.1) is 4.90 Å². The number of guanidine groups is 1. The van der Waals surface area contributed by atoms with Gasteiger partial charge in [0.25, 0.3) is 0 Å². The van der Waals surface area contributed by atoms with Gasteiger partial charge in [0.2, 0.25) is 10.0 Å². The molecule has 1 heterocycles. The van der Waals surface area contributed by atoms with E-state index in [1.54, 1.807) is 37.6 Å². The molecule has 154 valence electrons. The molecule has 1 aromatic heterocycles. The smallest absolute Gasteiger partial charge is 0.243 e. The average Bonchev–Trinajstić information content (AvgIpc) is 3.20. The third-order valence-electron chi connectivity index (χ3n) is 4.63. The number of rotatable bonds is 8. The first-order valence-electron chi connectivity index (χ1n) is 9.27. The number of benzene rings is 1. The Morgan fingerprint density at radius 1 is 1.18 bits per heavy atom. The molecule has 1 N–H and O–H groups in total. The number of nitrogens with one attached hydrogen (secondary N) is 1. The number of hydrogen-bond acceptors (Lipinski definition) is 4. The van der Waals surface area contributed by atoms with Gasteiger partial charge in [0.15, 0.2) is 5.96 Å². The largest absolute Gasteiger partial charge is 0.352 e. The van der Waals surface area contributed by atoms with Crippen LogP contribution in [0.15, 0.2) is 51.7 Å². The fourth-order valence-corrected chi connectivity index (χ4v) is 4.69. The Kier molecular flexibility index (Phi) is 8.03. The van der Waals surface area contributed by atoms with Crippen LogP contribution in [0, 0.1) is 0 Å². The third kappa shape index (κ3) is 5.80. The Balaban J connectivity index is 1.94. The zero-order valence-corrected chi connectivity index (χ0v) is 18.8. The molecule has 8 heteroatoms. The van der Waals surface area contributed by atoms with Gasteiger partial charge >= 0.3 is 0 Å². The molecule has 0 atom stereocenters. The monoisotopic (exact) mass is 422 g/mol. The summed E-state index contributed by atoms with van der Waals surface area (Å²) in [6.07, 6.45) is 0.977. The Hall–Kier alpha value is -1.90. The second-order valence-electron chi connectivity index (χ2n) is 6.91. The van der Waals surface area contributed by atoms with Crippen molar-refractivity contribution in [1.29, 1.82) is 0 Å². The maximum atomic E-state index is 12.5. The molecule has 0 aliphatic carbocycles. The third-order valence-corrected chi connectivity index (χ3v) is 7.61. The highest BCUT2D eigenvalue weighted by Gasteiger charge is 2.22. The molecular weight excluding hydrogens is 392 g/mol. The molecule has 0 spiro atoms. The molecule has 2 aromatic rings. The number of thiophene rings is 1. The summed E-state index contributed by atoms with van der Waals surface area (Å²) in [7, 11) is 1.93. The number of sulfonamides is 1. The molecule has 2 rings (SSSR count). The molecule has 0 aliphatic rings. The van der Waals surface area contributed by atoms with E-state index in [0.29, 0.717) is 11.4 Å².